The van der Waals surface area contributed by atoms with Crippen LogP contribution in [-0.2, 0) is 9.63 Å². The van der Waals surface area contributed by atoms with Crippen molar-refractivity contribution in [1.82, 2.24) is 16.0 Å². The summed E-state index contributed by atoms with van der Waals surface area (Å²) >= 11 is 0. The minimum atomic E-state index is -0.315. The molecule has 7 nitrogen and oxygen atoms in total. The third-order valence-corrected chi connectivity index (χ3v) is 3.70. The molecule has 2 rings (SSSR count). The van der Waals surface area contributed by atoms with Crippen molar-refractivity contribution in [2.45, 2.75) is 45.8 Å². The summed E-state index contributed by atoms with van der Waals surface area (Å²) in [4.78, 5) is 28.6. The Morgan fingerprint density at radius 3 is 2.64 bits per heavy atom. The van der Waals surface area contributed by atoms with Crippen molar-refractivity contribution in [3.8, 4) is 0 Å². The lowest BCUT2D eigenvalue weighted by atomic mass is 10.0. The van der Waals surface area contributed by atoms with E-state index in [1.165, 1.54) is 5.56 Å². The molecular weight excluding hydrogens is 320 g/mol. The summed E-state index contributed by atoms with van der Waals surface area (Å²) < 4.78 is 0. The van der Waals surface area contributed by atoms with Crippen molar-refractivity contribution < 1.29 is 14.4 Å². The monoisotopic (exact) mass is 346 g/mol. The summed E-state index contributed by atoms with van der Waals surface area (Å²) in [5, 5.41) is 12.3. The number of benzene rings is 1. The molecule has 0 radical (unpaired) electrons. The first kappa shape index (κ1) is 18.8. The van der Waals surface area contributed by atoms with Gasteiger partial charge in [-0.25, -0.2) is 4.79 Å². The Kier molecular flexibility index (Phi) is 6.80. The van der Waals surface area contributed by atoms with Gasteiger partial charge in [0.2, 0.25) is 5.91 Å². The predicted molar refractivity (Wildman–Crippen MR) is 96.5 cm³/mol. The van der Waals surface area contributed by atoms with Crippen molar-refractivity contribution in [1.29, 1.82) is 0 Å². The quantitative estimate of drug-likeness (QED) is 0.702. The smallest absolute Gasteiger partial charge is 0.314 e. The lowest BCUT2D eigenvalue weighted by molar-refractivity contribution is -0.121. The molecule has 0 unspecified atom stereocenters. The van der Waals surface area contributed by atoms with Crippen LogP contribution in [0, 0.1) is 6.92 Å². The van der Waals surface area contributed by atoms with Crippen LogP contribution in [0.1, 0.15) is 37.8 Å². The largest absolute Gasteiger partial charge is 0.390 e. The zero-order chi connectivity index (χ0) is 18.2. The van der Waals surface area contributed by atoms with Gasteiger partial charge >= 0.3 is 6.03 Å². The maximum absolute atomic E-state index is 11.7. The molecule has 0 saturated heterocycles. The van der Waals surface area contributed by atoms with Gasteiger partial charge in [0.1, 0.15) is 0 Å². The molecule has 0 aliphatic carbocycles. The number of urea groups is 1. The number of amides is 3. The van der Waals surface area contributed by atoms with Gasteiger partial charge in [0.15, 0.2) is 6.10 Å². The van der Waals surface area contributed by atoms with E-state index in [4.69, 9.17) is 4.84 Å². The van der Waals surface area contributed by atoms with Crippen LogP contribution in [0.25, 0.3) is 0 Å². The number of oxime groups is 1. The van der Waals surface area contributed by atoms with E-state index >= 15 is 0 Å². The summed E-state index contributed by atoms with van der Waals surface area (Å²) in [7, 11) is 0. The Balaban J connectivity index is 1.63. The summed E-state index contributed by atoms with van der Waals surface area (Å²) in [5.41, 5.74) is 3.12. The van der Waals surface area contributed by atoms with Gasteiger partial charge in [0.25, 0.3) is 0 Å². The molecular formula is C18H26N4O3. The SMILES string of the molecule is Cc1ccc(C2=NO[C@H](CNC(=O)NCCC(=O)NC(C)C)C2)cc1. The van der Waals surface area contributed by atoms with Crippen molar-refractivity contribution in [2.75, 3.05) is 13.1 Å². The first-order valence-electron chi connectivity index (χ1n) is 8.55. The number of hydrogen-bond donors (Lipinski definition) is 3. The lowest BCUT2D eigenvalue weighted by Gasteiger charge is -2.11. The minimum Gasteiger partial charge on any atom is -0.390 e. The normalized spacial score (nSPS) is 16.2. The van der Waals surface area contributed by atoms with E-state index in [1.807, 2.05) is 45.0 Å². The molecule has 0 saturated carbocycles. The molecule has 3 amide bonds. The molecule has 25 heavy (non-hydrogen) atoms. The van der Waals surface area contributed by atoms with Crippen LogP contribution in [0.3, 0.4) is 0 Å². The third kappa shape index (κ3) is 6.45. The second-order valence-corrected chi connectivity index (χ2v) is 6.44. The van der Waals surface area contributed by atoms with Crippen LogP contribution in [0.5, 0.6) is 0 Å². The first-order valence-corrected chi connectivity index (χ1v) is 8.55. The first-order chi connectivity index (χ1) is 11.9. The van der Waals surface area contributed by atoms with E-state index in [9.17, 15) is 9.59 Å². The predicted octanol–water partition coefficient (Wildman–Crippen LogP) is 1.70. The van der Waals surface area contributed by atoms with Crippen molar-refractivity contribution >= 4 is 17.6 Å². The molecule has 1 heterocycles. The maximum Gasteiger partial charge on any atom is 0.314 e. The number of carbonyl (C=O) groups excluding carboxylic acids is 2. The topological polar surface area (TPSA) is 91.8 Å². The molecule has 0 spiro atoms. The molecule has 0 aromatic heterocycles. The molecule has 136 valence electrons. The number of aryl methyl sites for hydroxylation is 1. The number of rotatable bonds is 7. The van der Waals surface area contributed by atoms with Gasteiger partial charge < -0.3 is 20.8 Å². The molecule has 0 fully saturated rings. The summed E-state index contributed by atoms with van der Waals surface area (Å²) in [6, 6.07) is 7.89. The van der Waals surface area contributed by atoms with Crippen molar-refractivity contribution in [3.63, 3.8) is 0 Å². The molecule has 0 bridgehead atoms. The molecule has 1 aromatic carbocycles. The lowest BCUT2D eigenvalue weighted by Crippen LogP contribution is -2.41. The van der Waals surface area contributed by atoms with Gasteiger partial charge in [-0.15, -0.1) is 0 Å². The number of nitrogens with zero attached hydrogens (tertiary/aromatic N) is 1. The van der Waals surface area contributed by atoms with E-state index in [0.717, 1.165) is 11.3 Å². The van der Waals surface area contributed by atoms with E-state index in [0.29, 0.717) is 19.5 Å². The minimum absolute atomic E-state index is 0.0782. The highest BCUT2D eigenvalue weighted by atomic mass is 16.6. The summed E-state index contributed by atoms with van der Waals surface area (Å²) in [6.07, 6.45) is 0.734. The Hall–Kier alpha value is -2.57. The van der Waals surface area contributed by atoms with Gasteiger partial charge in [0, 0.05) is 25.4 Å². The maximum atomic E-state index is 11.7. The Labute approximate surface area is 148 Å². The van der Waals surface area contributed by atoms with Crippen LogP contribution in [0.15, 0.2) is 29.4 Å². The number of nitrogens with one attached hydrogen (secondary N) is 3. The van der Waals surface area contributed by atoms with Gasteiger partial charge in [-0.3, -0.25) is 4.79 Å². The van der Waals surface area contributed by atoms with Gasteiger partial charge in [-0.1, -0.05) is 35.0 Å². The highest BCUT2D eigenvalue weighted by Gasteiger charge is 2.22. The molecule has 1 aliphatic rings. The number of carbonyl (C=O) groups is 2. The zero-order valence-corrected chi connectivity index (χ0v) is 15.0. The van der Waals surface area contributed by atoms with Gasteiger partial charge in [0.05, 0.1) is 12.3 Å². The highest BCUT2D eigenvalue weighted by Crippen LogP contribution is 2.16. The fraction of sp³-hybridized carbons (Fsp3) is 0.500. The van der Waals surface area contributed by atoms with Crippen LogP contribution < -0.4 is 16.0 Å². The van der Waals surface area contributed by atoms with Gasteiger partial charge in [-0.05, 0) is 26.3 Å². The van der Waals surface area contributed by atoms with Crippen LogP contribution >= 0.6 is 0 Å². The van der Waals surface area contributed by atoms with Crippen LogP contribution in [-0.4, -0.2) is 42.9 Å². The fourth-order valence-electron chi connectivity index (χ4n) is 2.41. The second-order valence-electron chi connectivity index (χ2n) is 6.44. The molecule has 7 heteroatoms. The average Bonchev–Trinajstić information content (AvgIpc) is 3.02. The molecule has 1 atom stereocenters. The van der Waals surface area contributed by atoms with Crippen molar-refractivity contribution in [3.05, 3.63) is 35.4 Å². The van der Waals surface area contributed by atoms with Crippen LogP contribution in [0.2, 0.25) is 0 Å². The van der Waals surface area contributed by atoms with E-state index in [2.05, 4.69) is 21.1 Å². The van der Waals surface area contributed by atoms with Gasteiger partial charge in [-0.2, -0.15) is 0 Å². The third-order valence-electron chi connectivity index (χ3n) is 3.70. The number of hydrogen-bond acceptors (Lipinski definition) is 4. The van der Waals surface area contributed by atoms with E-state index < -0.39 is 0 Å². The van der Waals surface area contributed by atoms with E-state index in [1.54, 1.807) is 0 Å². The highest BCUT2D eigenvalue weighted by molar-refractivity contribution is 6.01. The van der Waals surface area contributed by atoms with Crippen molar-refractivity contribution in [2.24, 2.45) is 5.16 Å². The Morgan fingerprint density at radius 1 is 1.24 bits per heavy atom. The average molecular weight is 346 g/mol. The Morgan fingerprint density at radius 2 is 1.96 bits per heavy atom. The molecule has 1 aliphatic heterocycles. The molecule has 3 N–H and O–H groups in total. The zero-order valence-electron chi connectivity index (χ0n) is 15.0. The standard InChI is InChI=1S/C18H26N4O3/c1-12(2)21-17(23)8-9-19-18(24)20-11-15-10-16(22-25-15)14-6-4-13(3)5-7-14/h4-7,12,15H,8-11H2,1-3H3,(H,21,23)(H2,19,20,24)/t15-/m0/s1. The second kappa shape index (κ2) is 9.05. The summed E-state index contributed by atoms with van der Waals surface area (Å²) in [6.45, 7) is 6.48. The molecule has 1 aromatic rings. The van der Waals surface area contributed by atoms with Crippen LogP contribution in [0.4, 0.5) is 4.79 Å². The Bertz CT molecular complexity index is 626. The fourth-order valence-corrected chi connectivity index (χ4v) is 2.41. The summed E-state index contributed by atoms with van der Waals surface area (Å²) in [5.74, 6) is -0.0782. The van der Waals surface area contributed by atoms with E-state index in [-0.39, 0.29) is 30.5 Å².